The molecule has 0 saturated carbocycles. The number of hydrogen-bond donors (Lipinski definition) is 1. The number of hydrogen-bond acceptors (Lipinski definition) is 6. The summed E-state index contributed by atoms with van der Waals surface area (Å²) >= 11 is 1.63. The Balaban J connectivity index is 1.39. The zero-order chi connectivity index (χ0) is 17.3. The summed E-state index contributed by atoms with van der Waals surface area (Å²) in [5.74, 6) is 0.952. The predicted octanol–water partition coefficient (Wildman–Crippen LogP) is 2.96. The molecule has 0 radical (unpaired) electrons. The Kier molecular flexibility index (Phi) is 4.67. The van der Waals surface area contributed by atoms with Crippen molar-refractivity contribution in [3.05, 3.63) is 42.7 Å². The van der Waals surface area contributed by atoms with Crippen molar-refractivity contribution in [3.63, 3.8) is 0 Å². The number of anilines is 1. The first-order valence-electron chi connectivity index (χ1n) is 8.83. The minimum absolute atomic E-state index is 0.144. The fourth-order valence-electron chi connectivity index (χ4n) is 3.79. The van der Waals surface area contributed by atoms with Crippen LogP contribution in [0.25, 0.3) is 0 Å². The van der Waals surface area contributed by atoms with Gasteiger partial charge in [0.1, 0.15) is 10.8 Å². The van der Waals surface area contributed by atoms with Crippen LogP contribution in [0.1, 0.15) is 19.8 Å². The van der Waals surface area contributed by atoms with E-state index in [0.717, 1.165) is 43.4 Å². The van der Waals surface area contributed by atoms with Gasteiger partial charge in [-0.3, -0.25) is 0 Å². The van der Waals surface area contributed by atoms with Crippen LogP contribution in [-0.2, 0) is 4.74 Å². The molecule has 5 nitrogen and oxygen atoms in total. The summed E-state index contributed by atoms with van der Waals surface area (Å²) in [6, 6.07) is 10.4. The normalized spacial score (nSPS) is 25.4. The van der Waals surface area contributed by atoms with Gasteiger partial charge in [-0.25, -0.2) is 9.97 Å². The van der Waals surface area contributed by atoms with E-state index in [-0.39, 0.29) is 17.6 Å². The van der Waals surface area contributed by atoms with Crippen LogP contribution in [0.4, 0.5) is 5.82 Å². The van der Waals surface area contributed by atoms with Crippen molar-refractivity contribution in [1.82, 2.24) is 9.97 Å². The molecule has 0 bridgehead atoms. The first-order chi connectivity index (χ1) is 12.2. The van der Waals surface area contributed by atoms with Gasteiger partial charge in [0, 0.05) is 29.4 Å². The summed E-state index contributed by atoms with van der Waals surface area (Å²) in [5, 5.41) is 0.920. The maximum Gasteiger partial charge on any atom is 0.147 e. The average Bonchev–Trinajstić information content (AvgIpc) is 2.93. The van der Waals surface area contributed by atoms with Gasteiger partial charge >= 0.3 is 0 Å². The monoisotopic (exact) mass is 356 g/mol. The third kappa shape index (κ3) is 3.38. The van der Waals surface area contributed by atoms with Gasteiger partial charge in [-0.15, -0.1) is 0 Å². The SMILES string of the molecule is C[C@@H]1OCC2(CCN(c3cnc(Sc4ccccc4)cn3)CC2)[C@@H]1N. The second-order valence-corrected chi connectivity index (χ2v) is 8.11. The lowest BCUT2D eigenvalue weighted by molar-refractivity contribution is 0.0974. The maximum atomic E-state index is 6.39. The van der Waals surface area contributed by atoms with Crippen molar-refractivity contribution in [2.75, 3.05) is 24.6 Å². The third-order valence-electron chi connectivity index (χ3n) is 5.51. The number of nitrogens with two attached hydrogens (primary N) is 1. The fraction of sp³-hybridized carbons (Fsp3) is 0.474. The molecule has 4 rings (SSSR count). The number of rotatable bonds is 3. The lowest BCUT2D eigenvalue weighted by Gasteiger charge is -2.41. The van der Waals surface area contributed by atoms with Crippen LogP contribution < -0.4 is 10.6 Å². The molecule has 0 aliphatic carbocycles. The molecule has 25 heavy (non-hydrogen) atoms. The lowest BCUT2D eigenvalue weighted by Crippen LogP contribution is -2.50. The van der Waals surface area contributed by atoms with Crippen molar-refractivity contribution in [3.8, 4) is 0 Å². The van der Waals surface area contributed by atoms with Gasteiger partial charge in [-0.2, -0.15) is 0 Å². The largest absolute Gasteiger partial charge is 0.376 e. The van der Waals surface area contributed by atoms with Crippen LogP contribution >= 0.6 is 11.8 Å². The van der Waals surface area contributed by atoms with Crippen LogP contribution in [0, 0.1) is 5.41 Å². The van der Waals surface area contributed by atoms with E-state index >= 15 is 0 Å². The summed E-state index contributed by atoms with van der Waals surface area (Å²) < 4.78 is 5.80. The molecule has 2 fully saturated rings. The molecule has 2 aliphatic rings. The molecular weight excluding hydrogens is 332 g/mol. The second kappa shape index (κ2) is 6.94. The van der Waals surface area contributed by atoms with Gasteiger partial charge < -0.3 is 15.4 Å². The molecule has 1 aromatic heterocycles. The van der Waals surface area contributed by atoms with Crippen molar-refractivity contribution in [1.29, 1.82) is 0 Å². The Bertz CT molecular complexity index is 701. The number of aromatic nitrogens is 2. The van der Waals surface area contributed by atoms with E-state index in [2.05, 4.69) is 33.9 Å². The van der Waals surface area contributed by atoms with Crippen molar-refractivity contribution < 1.29 is 4.74 Å². The van der Waals surface area contributed by atoms with Crippen LogP contribution in [-0.4, -0.2) is 41.8 Å². The van der Waals surface area contributed by atoms with Crippen LogP contribution in [0.15, 0.2) is 52.6 Å². The molecule has 2 atom stereocenters. The first-order valence-corrected chi connectivity index (χ1v) is 9.65. The Labute approximate surface area is 153 Å². The van der Waals surface area contributed by atoms with Gasteiger partial charge in [-0.05, 0) is 31.9 Å². The molecule has 2 aliphatic heterocycles. The summed E-state index contributed by atoms with van der Waals surface area (Å²) in [7, 11) is 0. The van der Waals surface area contributed by atoms with Gasteiger partial charge in [0.15, 0.2) is 0 Å². The summed E-state index contributed by atoms with van der Waals surface area (Å²) in [6.45, 7) is 4.80. The Hall–Kier alpha value is -1.63. The van der Waals surface area contributed by atoms with Crippen LogP contribution in [0.2, 0.25) is 0 Å². The van der Waals surface area contributed by atoms with Gasteiger partial charge in [-0.1, -0.05) is 30.0 Å². The van der Waals surface area contributed by atoms with Crippen molar-refractivity contribution in [2.45, 2.75) is 41.8 Å². The highest BCUT2D eigenvalue weighted by molar-refractivity contribution is 7.99. The molecule has 0 unspecified atom stereocenters. The maximum absolute atomic E-state index is 6.39. The number of nitrogens with zero attached hydrogens (tertiary/aromatic N) is 3. The van der Waals surface area contributed by atoms with E-state index < -0.39 is 0 Å². The van der Waals surface area contributed by atoms with E-state index in [1.54, 1.807) is 11.8 Å². The standard InChI is InChI=1S/C19H24N4OS/c1-14-18(20)19(13-24-14)7-9-23(10-8-19)16-11-22-17(12-21-16)25-15-5-3-2-4-6-15/h2-6,11-12,14,18H,7-10,13,20H2,1H3/t14-,18+/m0/s1. The highest BCUT2D eigenvalue weighted by Gasteiger charge is 2.47. The van der Waals surface area contributed by atoms with Crippen LogP contribution in [0.5, 0.6) is 0 Å². The average molecular weight is 356 g/mol. The molecule has 1 spiro atoms. The zero-order valence-corrected chi connectivity index (χ0v) is 15.3. The van der Waals surface area contributed by atoms with E-state index in [1.807, 2.05) is 30.6 Å². The Morgan fingerprint density at radius 1 is 1.16 bits per heavy atom. The number of benzene rings is 1. The van der Waals surface area contributed by atoms with E-state index in [1.165, 1.54) is 4.90 Å². The first kappa shape index (κ1) is 16.8. The fourth-order valence-corrected chi connectivity index (χ4v) is 4.53. The molecule has 3 heterocycles. The van der Waals surface area contributed by atoms with Gasteiger partial charge in [0.25, 0.3) is 0 Å². The second-order valence-electron chi connectivity index (χ2n) is 7.02. The topological polar surface area (TPSA) is 64.3 Å². The molecular formula is C19H24N4OS. The van der Waals surface area contributed by atoms with Crippen molar-refractivity contribution >= 4 is 17.6 Å². The summed E-state index contributed by atoms with van der Waals surface area (Å²) in [6.07, 6.45) is 6.03. The quantitative estimate of drug-likeness (QED) is 0.912. The molecule has 2 saturated heterocycles. The van der Waals surface area contributed by atoms with Crippen LogP contribution in [0.3, 0.4) is 0 Å². The number of ether oxygens (including phenoxy) is 1. The molecule has 2 N–H and O–H groups in total. The Morgan fingerprint density at radius 3 is 2.52 bits per heavy atom. The summed E-state index contributed by atoms with van der Waals surface area (Å²) in [5.41, 5.74) is 6.54. The lowest BCUT2D eigenvalue weighted by atomic mass is 9.73. The van der Waals surface area contributed by atoms with E-state index in [4.69, 9.17) is 10.5 Å². The van der Waals surface area contributed by atoms with E-state index in [0.29, 0.717) is 0 Å². The third-order valence-corrected chi connectivity index (χ3v) is 6.44. The highest BCUT2D eigenvalue weighted by atomic mass is 32.2. The molecule has 132 valence electrons. The molecule has 6 heteroatoms. The smallest absolute Gasteiger partial charge is 0.147 e. The highest BCUT2D eigenvalue weighted by Crippen LogP contribution is 2.41. The number of piperidine rings is 1. The molecule has 0 amide bonds. The zero-order valence-electron chi connectivity index (χ0n) is 14.5. The van der Waals surface area contributed by atoms with E-state index in [9.17, 15) is 0 Å². The minimum atomic E-state index is 0.144. The minimum Gasteiger partial charge on any atom is -0.376 e. The van der Waals surface area contributed by atoms with Gasteiger partial charge in [0.05, 0.1) is 25.1 Å². The van der Waals surface area contributed by atoms with Gasteiger partial charge in [0.2, 0.25) is 0 Å². The summed E-state index contributed by atoms with van der Waals surface area (Å²) in [4.78, 5) is 12.7. The Morgan fingerprint density at radius 2 is 1.92 bits per heavy atom. The molecule has 1 aromatic carbocycles. The predicted molar refractivity (Wildman–Crippen MR) is 99.9 cm³/mol. The van der Waals surface area contributed by atoms with Crippen molar-refractivity contribution in [2.24, 2.45) is 11.1 Å². The molecule has 2 aromatic rings.